The second kappa shape index (κ2) is 1.97. The van der Waals surface area contributed by atoms with Crippen LogP contribution in [0, 0.1) is 17.8 Å². The third kappa shape index (κ3) is 0.800. The van der Waals surface area contributed by atoms with Gasteiger partial charge in [0.15, 0.2) is 0 Å². The van der Waals surface area contributed by atoms with Gasteiger partial charge in [-0.05, 0) is 31.2 Å². The molecule has 1 saturated carbocycles. The van der Waals surface area contributed by atoms with E-state index in [1.165, 1.54) is 13.0 Å². The summed E-state index contributed by atoms with van der Waals surface area (Å²) >= 11 is 0. The Morgan fingerprint density at radius 1 is 1.40 bits per heavy atom. The van der Waals surface area contributed by atoms with E-state index in [2.05, 4.69) is 25.8 Å². The van der Waals surface area contributed by atoms with Crippen LogP contribution in [0.3, 0.4) is 0 Å². The van der Waals surface area contributed by atoms with Crippen LogP contribution in [0.5, 0.6) is 0 Å². The molecule has 3 atom stereocenters. The zero-order valence-electron chi connectivity index (χ0n) is 7.17. The third-order valence-corrected chi connectivity index (χ3v) is 3.13. The molecular weight excluding hydrogens is 122 g/mol. The van der Waals surface area contributed by atoms with E-state index in [1.807, 2.05) is 0 Å². The fourth-order valence-corrected chi connectivity index (χ4v) is 2.72. The zero-order chi connectivity index (χ0) is 7.30. The number of hydrogen-bond donors (Lipinski definition) is 0. The van der Waals surface area contributed by atoms with Gasteiger partial charge in [0.05, 0.1) is 0 Å². The average molecular weight is 139 g/mol. The SMILES string of the molecule is CC(C)[C@@H]1C2CC2CN1C. The highest BCUT2D eigenvalue weighted by atomic mass is 15.2. The van der Waals surface area contributed by atoms with Crippen molar-refractivity contribution in [2.45, 2.75) is 26.3 Å². The summed E-state index contributed by atoms with van der Waals surface area (Å²) in [6.45, 7) is 6.07. The van der Waals surface area contributed by atoms with Gasteiger partial charge in [-0.1, -0.05) is 13.8 Å². The van der Waals surface area contributed by atoms with E-state index in [4.69, 9.17) is 0 Å². The fourth-order valence-electron chi connectivity index (χ4n) is 2.72. The predicted octanol–water partition coefficient (Wildman–Crippen LogP) is 1.59. The lowest BCUT2D eigenvalue weighted by Gasteiger charge is -2.26. The van der Waals surface area contributed by atoms with Crippen LogP contribution < -0.4 is 0 Å². The minimum absolute atomic E-state index is 0.863. The van der Waals surface area contributed by atoms with Gasteiger partial charge in [0, 0.05) is 12.6 Å². The second-order valence-corrected chi connectivity index (χ2v) is 4.33. The Bertz CT molecular complexity index is 140. The van der Waals surface area contributed by atoms with Crippen molar-refractivity contribution in [1.29, 1.82) is 0 Å². The van der Waals surface area contributed by atoms with Gasteiger partial charge in [-0.15, -0.1) is 0 Å². The molecule has 0 spiro atoms. The molecular formula is C9H17N. The molecule has 1 aliphatic carbocycles. The molecule has 10 heavy (non-hydrogen) atoms. The lowest BCUT2D eigenvalue weighted by atomic mass is 10.0. The van der Waals surface area contributed by atoms with Gasteiger partial charge in [0.1, 0.15) is 0 Å². The summed E-state index contributed by atoms with van der Waals surface area (Å²) < 4.78 is 0. The van der Waals surface area contributed by atoms with Crippen LogP contribution in [0.1, 0.15) is 20.3 Å². The van der Waals surface area contributed by atoms with E-state index in [0.29, 0.717) is 0 Å². The number of fused-ring (bicyclic) bond motifs is 1. The Morgan fingerprint density at radius 3 is 2.40 bits per heavy atom. The van der Waals surface area contributed by atoms with Crippen LogP contribution in [-0.2, 0) is 0 Å². The number of nitrogens with zero attached hydrogens (tertiary/aromatic N) is 1. The van der Waals surface area contributed by atoms with Crippen LogP contribution in [0.25, 0.3) is 0 Å². The molecule has 2 unspecified atom stereocenters. The Hall–Kier alpha value is -0.0400. The van der Waals surface area contributed by atoms with Crippen molar-refractivity contribution in [2.24, 2.45) is 17.8 Å². The van der Waals surface area contributed by atoms with Crippen LogP contribution >= 0.6 is 0 Å². The first-order valence-corrected chi connectivity index (χ1v) is 4.40. The van der Waals surface area contributed by atoms with Crippen LogP contribution in [0.2, 0.25) is 0 Å². The van der Waals surface area contributed by atoms with Crippen molar-refractivity contribution in [3.8, 4) is 0 Å². The first kappa shape index (κ1) is 6.66. The van der Waals surface area contributed by atoms with Gasteiger partial charge in [0.25, 0.3) is 0 Å². The van der Waals surface area contributed by atoms with Gasteiger partial charge >= 0.3 is 0 Å². The monoisotopic (exact) mass is 139 g/mol. The molecule has 2 aliphatic rings. The molecule has 0 amide bonds. The maximum Gasteiger partial charge on any atom is 0.0147 e. The zero-order valence-corrected chi connectivity index (χ0v) is 7.17. The lowest BCUT2D eigenvalue weighted by Crippen LogP contribution is -2.33. The highest BCUT2D eigenvalue weighted by molar-refractivity contribution is 5.03. The van der Waals surface area contributed by atoms with Crippen molar-refractivity contribution in [2.75, 3.05) is 13.6 Å². The summed E-state index contributed by atoms with van der Waals surface area (Å²) in [6.07, 6.45) is 1.52. The molecule has 0 aromatic heterocycles. The molecule has 1 nitrogen and oxygen atoms in total. The molecule has 1 aliphatic heterocycles. The van der Waals surface area contributed by atoms with Crippen LogP contribution in [-0.4, -0.2) is 24.5 Å². The first-order chi connectivity index (χ1) is 4.70. The molecule has 0 aromatic rings. The van der Waals surface area contributed by atoms with Gasteiger partial charge < -0.3 is 4.90 Å². The molecule has 0 aromatic carbocycles. The molecule has 1 heterocycles. The first-order valence-electron chi connectivity index (χ1n) is 4.40. The van der Waals surface area contributed by atoms with Crippen molar-refractivity contribution < 1.29 is 0 Å². The summed E-state index contributed by atoms with van der Waals surface area (Å²) in [5.74, 6) is 3.02. The highest BCUT2D eigenvalue weighted by Crippen LogP contribution is 2.50. The molecule has 2 fully saturated rings. The van der Waals surface area contributed by atoms with E-state index >= 15 is 0 Å². The Morgan fingerprint density at radius 2 is 2.10 bits per heavy atom. The smallest absolute Gasteiger partial charge is 0.0147 e. The van der Waals surface area contributed by atoms with Crippen molar-refractivity contribution in [3.05, 3.63) is 0 Å². The summed E-state index contributed by atoms with van der Waals surface area (Å²) in [7, 11) is 2.27. The highest BCUT2D eigenvalue weighted by Gasteiger charge is 2.51. The van der Waals surface area contributed by atoms with E-state index in [-0.39, 0.29) is 0 Å². The maximum absolute atomic E-state index is 2.55. The normalized spacial score (nSPS) is 46.2. The summed E-state index contributed by atoms with van der Waals surface area (Å²) in [4.78, 5) is 2.55. The lowest BCUT2D eigenvalue weighted by molar-refractivity contribution is 0.214. The Balaban J connectivity index is 2.05. The van der Waals surface area contributed by atoms with Gasteiger partial charge in [0.2, 0.25) is 0 Å². The second-order valence-electron chi connectivity index (χ2n) is 4.33. The minimum atomic E-state index is 0.863. The number of likely N-dealkylation sites (tertiary alicyclic amines) is 1. The summed E-state index contributed by atoms with van der Waals surface area (Å²) in [5.41, 5.74) is 0. The number of hydrogen-bond acceptors (Lipinski definition) is 1. The maximum atomic E-state index is 2.55. The molecule has 58 valence electrons. The van der Waals surface area contributed by atoms with E-state index < -0.39 is 0 Å². The fraction of sp³-hybridized carbons (Fsp3) is 1.00. The van der Waals surface area contributed by atoms with E-state index in [1.54, 1.807) is 0 Å². The average Bonchev–Trinajstić information content (AvgIpc) is 2.42. The molecule has 0 bridgehead atoms. The van der Waals surface area contributed by atoms with Crippen molar-refractivity contribution >= 4 is 0 Å². The quantitative estimate of drug-likeness (QED) is 0.533. The predicted molar refractivity (Wildman–Crippen MR) is 42.9 cm³/mol. The van der Waals surface area contributed by atoms with Gasteiger partial charge in [-0.2, -0.15) is 0 Å². The Kier molecular flexibility index (Phi) is 1.31. The molecule has 2 rings (SSSR count). The molecule has 0 radical (unpaired) electrons. The molecule has 0 N–H and O–H groups in total. The third-order valence-electron chi connectivity index (χ3n) is 3.13. The van der Waals surface area contributed by atoms with Crippen LogP contribution in [0.15, 0.2) is 0 Å². The minimum Gasteiger partial charge on any atom is -0.303 e. The topological polar surface area (TPSA) is 3.24 Å². The summed E-state index contributed by atoms with van der Waals surface area (Å²) in [6, 6.07) is 0.907. The molecule has 1 heteroatoms. The van der Waals surface area contributed by atoms with Crippen LogP contribution in [0.4, 0.5) is 0 Å². The Labute approximate surface area is 63.4 Å². The van der Waals surface area contributed by atoms with Gasteiger partial charge in [-0.25, -0.2) is 0 Å². The van der Waals surface area contributed by atoms with Crippen molar-refractivity contribution in [3.63, 3.8) is 0 Å². The number of rotatable bonds is 1. The largest absolute Gasteiger partial charge is 0.303 e. The molecule has 1 saturated heterocycles. The summed E-state index contributed by atoms with van der Waals surface area (Å²) in [5, 5.41) is 0. The van der Waals surface area contributed by atoms with Gasteiger partial charge in [-0.3, -0.25) is 0 Å². The van der Waals surface area contributed by atoms with E-state index in [9.17, 15) is 0 Å². The number of piperidine rings is 1. The standard InChI is InChI=1S/C9H17N/c1-6(2)9-8-4-7(8)5-10(9)3/h6-9H,4-5H2,1-3H3/t7?,8?,9-/m1/s1. The van der Waals surface area contributed by atoms with Crippen molar-refractivity contribution in [1.82, 2.24) is 4.90 Å². The van der Waals surface area contributed by atoms with E-state index in [0.717, 1.165) is 23.8 Å².